The van der Waals surface area contributed by atoms with Gasteiger partial charge in [-0.2, -0.15) is 5.26 Å². The Kier molecular flexibility index (Phi) is 5.60. The summed E-state index contributed by atoms with van der Waals surface area (Å²) in [6.07, 6.45) is 0. The van der Waals surface area contributed by atoms with Crippen LogP contribution in [0, 0.1) is 11.3 Å². The minimum absolute atomic E-state index is 0.202. The van der Waals surface area contributed by atoms with Crippen molar-refractivity contribution in [2.75, 3.05) is 0 Å². The van der Waals surface area contributed by atoms with Gasteiger partial charge in [0.1, 0.15) is 12.7 Å². The third-order valence-corrected chi connectivity index (χ3v) is 5.72. The highest BCUT2D eigenvalue weighted by Crippen LogP contribution is 2.33. The third kappa shape index (κ3) is 4.16. The molecule has 0 unspecified atom stereocenters. The molecular formula is C25H17NO2S. The quantitative estimate of drug-likeness (QED) is 0.376. The highest BCUT2D eigenvalue weighted by molar-refractivity contribution is 7.99. The van der Waals surface area contributed by atoms with Crippen LogP contribution in [0.25, 0.3) is 10.8 Å². The van der Waals surface area contributed by atoms with Gasteiger partial charge in [0.2, 0.25) is 0 Å². The van der Waals surface area contributed by atoms with Gasteiger partial charge in [0.15, 0.2) is 0 Å². The maximum Gasteiger partial charge on any atom is 0.339 e. The Morgan fingerprint density at radius 3 is 2.38 bits per heavy atom. The summed E-state index contributed by atoms with van der Waals surface area (Å²) in [7, 11) is 0. The second-order valence-electron chi connectivity index (χ2n) is 6.42. The lowest BCUT2D eigenvalue weighted by Crippen LogP contribution is -2.07. The van der Waals surface area contributed by atoms with E-state index < -0.39 is 0 Å². The highest BCUT2D eigenvalue weighted by atomic mass is 32.2. The van der Waals surface area contributed by atoms with Crippen molar-refractivity contribution in [2.24, 2.45) is 0 Å². The van der Waals surface area contributed by atoms with E-state index in [0.29, 0.717) is 11.1 Å². The molecule has 0 amide bonds. The van der Waals surface area contributed by atoms with Crippen molar-refractivity contribution >= 4 is 28.5 Å². The predicted octanol–water partition coefficient (Wildman–Crippen LogP) is 6.22. The molecule has 4 heteroatoms. The molecule has 0 N–H and O–H groups in total. The van der Waals surface area contributed by atoms with Crippen molar-refractivity contribution in [1.29, 1.82) is 5.26 Å². The van der Waals surface area contributed by atoms with Crippen LogP contribution in [-0.4, -0.2) is 5.97 Å². The van der Waals surface area contributed by atoms with Gasteiger partial charge in [-0.25, -0.2) is 4.79 Å². The van der Waals surface area contributed by atoms with Gasteiger partial charge in [-0.15, -0.1) is 0 Å². The number of benzene rings is 4. The van der Waals surface area contributed by atoms with Crippen LogP contribution in [0.3, 0.4) is 0 Å². The Bertz CT molecular complexity index is 1220. The minimum Gasteiger partial charge on any atom is -0.457 e. The fourth-order valence-corrected chi connectivity index (χ4v) is 4.15. The average molecular weight is 395 g/mol. The molecule has 0 heterocycles. The van der Waals surface area contributed by atoms with E-state index in [1.54, 1.807) is 12.1 Å². The van der Waals surface area contributed by atoms with E-state index in [4.69, 9.17) is 4.74 Å². The summed E-state index contributed by atoms with van der Waals surface area (Å²) in [6.45, 7) is 0.202. The van der Waals surface area contributed by atoms with Gasteiger partial charge in [-0.05, 0) is 40.6 Å². The van der Waals surface area contributed by atoms with Gasteiger partial charge in [-0.3, -0.25) is 0 Å². The Balaban J connectivity index is 1.56. The van der Waals surface area contributed by atoms with E-state index in [0.717, 1.165) is 26.1 Å². The molecule has 4 rings (SSSR count). The largest absolute Gasteiger partial charge is 0.457 e. The van der Waals surface area contributed by atoms with Gasteiger partial charge >= 0.3 is 5.97 Å². The second-order valence-corrected chi connectivity index (χ2v) is 7.50. The molecule has 0 fully saturated rings. The number of hydrogen-bond donors (Lipinski definition) is 0. The smallest absolute Gasteiger partial charge is 0.339 e. The second kappa shape index (κ2) is 8.64. The number of nitrogens with zero attached hydrogens (tertiary/aromatic N) is 1. The molecule has 0 saturated heterocycles. The molecule has 0 bridgehead atoms. The van der Waals surface area contributed by atoms with Crippen molar-refractivity contribution in [3.8, 4) is 6.07 Å². The first kappa shape index (κ1) is 18.8. The number of carbonyl (C=O) groups excluding carboxylic acids is 1. The molecule has 3 nitrogen and oxygen atoms in total. The van der Waals surface area contributed by atoms with E-state index in [9.17, 15) is 10.1 Å². The van der Waals surface area contributed by atoms with Crippen molar-refractivity contribution in [3.63, 3.8) is 0 Å². The fraction of sp³-hybridized carbons (Fsp3) is 0.0400. The number of rotatable bonds is 5. The van der Waals surface area contributed by atoms with E-state index in [2.05, 4.69) is 6.07 Å². The first-order valence-corrected chi connectivity index (χ1v) is 9.97. The average Bonchev–Trinajstić information content (AvgIpc) is 2.78. The molecule has 29 heavy (non-hydrogen) atoms. The topological polar surface area (TPSA) is 50.1 Å². The first-order valence-electron chi connectivity index (χ1n) is 9.16. The summed E-state index contributed by atoms with van der Waals surface area (Å²) in [5.74, 6) is -0.379. The monoisotopic (exact) mass is 395 g/mol. The van der Waals surface area contributed by atoms with Gasteiger partial charge in [-0.1, -0.05) is 78.5 Å². The number of hydrogen-bond acceptors (Lipinski definition) is 4. The fourth-order valence-electron chi connectivity index (χ4n) is 3.13. The molecule has 0 spiro atoms. The summed E-state index contributed by atoms with van der Waals surface area (Å²) in [5.41, 5.74) is 2.04. The molecule has 0 atom stereocenters. The number of esters is 1. The summed E-state index contributed by atoms with van der Waals surface area (Å²) < 4.78 is 5.64. The Morgan fingerprint density at radius 1 is 0.828 bits per heavy atom. The molecular weight excluding hydrogens is 378 g/mol. The minimum atomic E-state index is -0.379. The van der Waals surface area contributed by atoms with Crippen LogP contribution in [0.4, 0.5) is 0 Å². The van der Waals surface area contributed by atoms with E-state index in [-0.39, 0.29) is 12.6 Å². The van der Waals surface area contributed by atoms with E-state index in [1.165, 1.54) is 11.8 Å². The van der Waals surface area contributed by atoms with Crippen molar-refractivity contribution in [1.82, 2.24) is 0 Å². The van der Waals surface area contributed by atoms with E-state index in [1.807, 2.05) is 78.9 Å². The molecule has 140 valence electrons. The lowest BCUT2D eigenvalue weighted by atomic mass is 10.1. The summed E-state index contributed by atoms with van der Waals surface area (Å²) in [4.78, 5) is 14.4. The standard InChI is InChI=1S/C25H17NO2S/c26-16-19-9-2-5-14-23(19)29-24-15-6-4-13-22(24)25(27)28-17-20-11-7-10-18-8-1-3-12-21(18)20/h1-15H,17H2. The molecule has 0 aliphatic heterocycles. The lowest BCUT2D eigenvalue weighted by molar-refractivity contribution is 0.0470. The van der Waals surface area contributed by atoms with Crippen LogP contribution in [0.15, 0.2) is 101 Å². The first-order chi connectivity index (χ1) is 14.3. The van der Waals surface area contributed by atoms with Crippen LogP contribution in [0.1, 0.15) is 21.5 Å². The van der Waals surface area contributed by atoms with Gasteiger partial charge in [0.05, 0.1) is 11.1 Å². The van der Waals surface area contributed by atoms with Crippen LogP contribution >= 0.6 is 11.8 Å². The Morgan fingerprint density at radius 2 is 1.52 bits per heavy atom. The Hall–Kier alpha value is -3.55. The van der Waals surface area contributed by atoms with Gasteiger partial charge in [0, 0.05) is 9.79 Å². The number of carbonyl (C=O) groups is 1. The molecule has 0 radical (unpaired) electrons. The lowest BCUT2D eigenvalue weighted by Gasteiger charge is -2.11. The molecule has 4 aromatic carbocycles. The number of ether oxygens (including phenoxy) is 1. The van der Waals surface area contributed by atoms with Crippen molar-refractivity contribution in [3.05, 3.63) is 108 Å². The van der Waals surface area contributed by atoms with E-state index >= 15 is 0 Å². The predicted molar refractivity (Wildman–Crippen MR) is 115 cm³/mol. The van der Waals surface area contributed by atoms with Crippen LogP contribution < -0.4 is 0 Å². The maximum absolute atomic E-state index is 12.8. The molecule has 0 saturated carbocycles. The summed E-state index contributed by atoms with van der Waals surface area (Å²) in [5, 5.41) is 11.5. The van der Waals surface area contributed by atoms with Crippen LogP contribution in [0.5, 0.6) is 0 Å². The highest BCUT2D eigenvalue weighted by Gasteiger charge is 2.15. The zero-order chi connectivity index (χ0) is 20.1. The molecule has 0 aromatic heterocycles. The van der Waals surface area contributed by atoms with Gasteiger partial charge in [0.25, 0.3) is 0 Å². The summed E-state index contributed by atoms with van der Waals surface area (Å²) >= 11 is 1.39. The van der Waals surface area contributed by atoms with Crippen LogP contribution in [0.2, 0.25) is 0 Å². The normalized spacial score (nSPS) is 10.4. The van der Waals surface area contributed by atoms with Gasteiger partial charge < -0.3 is 4.74 Å². The molecule has 0 aliphatic rings. The zero-order valence-corrected chi connectivity index (χ0v) is 16.4. The number of fused-ring (bicyclic) bond motifs is 1. The molecule has 4 aromatic rings. The van der Waals surface area contributed by atoms with Crippen molar-refractivity contribution < 1.29 is 9.53 Å². The van der Waals surface area contributed by atoms with Crippen molar-refractivity contribution in [2.45, 2.75) is 16.4 Å². The summed E-state index contributed by atoms with van der Waals surface area (Å²) in [6, 6.07) is 30.9. The maximum atomic E-state index is 12.8. The SMILES string of the molecule is N#Cc1ccccc1Sc1ccccc1C(=O)OCc1cccc2ccccc12. The third-order valence-electron chi connectivity index (χ3n) is 4.57. The Labute approximate surface area is 173 Å². The van der Waals surface area contributed by atoms with Crippen LogP contribution in [-0.2, 0) is 11.3 Å². The number of nitriles is 1. The molecule has 0 aliphatic carbocycles. The zero-order valence-electron chi connectivity index (χ0n) is 15.5.